The Kier molecular flexibility index (Phi) is 5.47. The van der Waals surface area contributed by atoms with E-state index in [-0.39, 0.29) is 29.6 Å². The first-order valence-corrected chi connectivity index (χ1v) is 8.09. The van der Waals surface area contributed by atoms with Gasteiger partial charge >= 0.3 is 5.69 Å². The first-order chi connectivity index (χ1) is 11.3. The van der Waals surface area contributed by atoms with E-state index < -0.39 is 11.2 Å². The predicted octanol–water partition coefficient (Wildman–Crippen LogP) is -0.135. The molecule has 3 atom stereocenters. The number of nitriles is 1. The van der Waals surface area contributed by atoms with E-state index in [4.69, 9.17) is 4.74 Å². The quantitative estimate of drug-likeness (QED) is 0.824. The minimum Gasteiger partial charge on any atom is -0.373 e. The summed E-state index contributed by atoms with van der Waals surface area (Å²) in [4.78, 5) is 26.4. The summed E-state index contributed by atoms with van der Waals surface area (Å²) in [7, 11) is 2.92. The van der Waals surface area contributed by atoms with Gasteiger partial charge in [0.05, 0.1) is 12.2 Å². The fourth-order valence-corrected chi connectivity index (χ4v) is 3.10. The van der Waals surface area contributed by atoms with Crippen LogP contribution in [0.15, 0.2) is 9.59 Å². The molecule has 1 fully saturated rings. The number of ether oxygens (including phenoxy) is 1. The van der Waals surface area contributed by atoms with Crippen LogP contribution in [0, 0.1) is 11.3 Å². The highest BCUT2D eigenvalue weighted by Gasteiger charge is 2.26. The van der Waals surface area contributed by atoms with Crippen molar-refractivity contribution in [2.75, 3.05) is 25.0 Å². The van der Waals surface area contributed by atoms with Crippen molar-refractivity contribution in [3.63, 3.8) is 0 Å². The summed E-state index contributed by atoms with van der Waals surface area (Å²) in [6.45, 7) is 8.33. The summed E-state index contributed by atoms with van der Waals surface area (Å²) in [5, 5.41) is 12.4. The van der Waals surface area contributed by atoms with Crippen LogP contribution in [0.4, 0.5) is 5.82 Å². The van der Waals surface area contributed by atoms with Crippen molar-refractivity contribution in [3.05, 3.63) is 26.4 Å². The number of hydrogen-bond donors (Lipinski definition) is 1. The van der Waals surface area contributed by atoms with Gasteiger partial charge in [-0.25, -0.2) is 4.79 Å². The summed E-state index contributed by atoms with van der Waals surface area (Å²) in [6, 6.07) is 2.07. The zero-order chi connectivity index (χ0) is 18.0. The van der Waals surface area contributed by atoms with Gasteiger partial charge in [-0.15, -0.1) is 0 Å². The molecule has 0 aromatic carbocycles. The minimum atomic E-state index is -0.579. The number of nitrogens with zero attached hydrogens (tertiary/aromatic N) is 4. The molecule has 1 aromatic heterocycles. The van der Waals surface area contributed by atoms with E-state index in [1.165, 1.54) is 11.6 Å². The van der Waals surface area contributed by atoms with Gasteiger partial charge in [0.25, 0.3) is 5.56 Å². The van der Waals surface area contributed by atoms with Gasteiger partial charge in [-0.05, 0) is 20.8 Å². The van der Waals surface area contributed by atoms with Crippen LogP contribution >= 0.6 is 0 Å². The van der Waals surface area contributed by atoms with Crippen molar-refractivity contribution < 1.29 is 4.74 Å². The average Bonchev–Trinajstić information content (AvgIpc) is 2.53. The van der Waals surface area contributed by atoms with Crippen molar-refractivity contribution in [3.8, 4) is 6.07 Å². The SMILES string of the molecule is C[C@@H]1CN([C@@H](C)CNc2c(C#N)c(=O)n(C)c(=O)n2C)C[C@@H](C)O1. The van der Waals surface area contributed by atoms with Gasteiger partial charge in [0.15, 0.2) is 5.56 Å². The number of rotatable bonds is 4. The predicted molar refractivity (Wildman–Crippen MR) is 91.2 cm³/mol. The zero-order valence-corrected chi connectivity index (χ0v) is 14.9. The molecule has 132 valence electrons. The average molecular weight is 335 g/mol. The summed E-state index contributed by atoms with van der Waals surface area (Å²) in [5.41, 5.74) is -1.08. The Morgan fingerprint density at radius 3 is 2.38 bits per heavy atom. The number of hydrogen-bond acceptors (Lipinski definition) is 6. The van der Waals surface area contributed by atoms with E-state index in [0.717, 1.165) is 17.7 Å². The highest BCUT2D eigenvalue weighted by atomic mass is 16.5. The standard InChI is InChI=1S/C16H25N5O3/c1-10(21-8-11(2)24-12(3)9-21)7-18-14-13(6-17)15(22)20(5)16(23)19(14)4/h10-12,18H,7-9H2,1-5H3/t10-,11+,12+/m0/s1. The van der Waals surface area contributed by atoms with Crippen molar-refractivity contribution >= 4 is 5.82 Å². The van der Waals surface area contributed by atoms with E-state index in [9.17, 15) is 14.9 Å². The van der Waals surface area contributed by atoms with Crippen LogP contribution in [0.25, 0.3) is 0 Å². The van der Waals surface area contributed by atoms with Crippen LogP contribution in [0.3, 0.4) is 0 Å². The van der Waals surface area contributed by atoms with Crippen LogP contribution < -0.4 is 16.6 Å². The maximum atomic E-state index is 12.1. The lowest BCUT2D eigenvalue weighted by atomic mass is 10.1. The summed E-state index contributed by atoms with van der Waals surface area (Å²) in [5.74, 6) is 0.270. The Labute approximate surface area is 141 Å². The molecule has 2 rings (SSSR count). The lowest BCUT2D eigenvalue weighted by Gasteiger charge is -2.39. The Hall–Kier alpha value is -2.11. The molecular formula is C16H25N5O3. The third kappa shape index (κ3) is 3.52. The lowest BCUT2D eigenvalue weighted by Crippen LogP contribution is -2.51. The van der Waals surface area contributed by atoms with E-state index in [0.29, 0.717) is 6.54 Å². The van der Waals surface area contributed by atoms with Gasteiger partial charge < -0.3 is 10.1 Å². The van der Waals surface area contributed by atoms with Crippen molar-refractivity contribution in [2.45, 2.75) is 39.0 Å². The second-order valence-electron chi connectivity index (χ2n) is 6.48. The molecule has 2 heterocycles. The van der Waals surface area contributed by atoms with Gasteiger partial charge in [0.1, 0.15) is 11.9 Å². The number of morpholine rings is 1. The molecule has 8 nitrogen and oxygen atoms in total. The Morgan fingerprint density at radius 2 is 1.83 bits per heavy atom. The molecule has 1 aromatic rings. The molecule has 8 heteroatoms. The summed E-state index contributed by atoms with van der Waals surface area (Å²) < 4.78 is 7.98. The maximum absolute atomic E-state index is 12.1. The smallest absolute Gasteiger partial charge is 0.332 e. The largest absolute Gasteiger partial charge is 0.373 e. The van der Waals surface area contributed by atoms with Gasteiger partial charge in [0.2, 0.25) is 0 Å². The van der Waals surface area contributed by atoms with Gasteiger partial charge in [0, 0.05) is 39.8 Å². The van der Waals surface area contributed by atoms with Crippen LogP contribution in [0.1, 0.15) is 26.3 Å². The van der Waals surface area contributed by atoms with Crippen LogP contribution in [-0.2, 0) is 18.8 Å². The molecule has 0 radical (unpaired) electrons. The molecule has 0 bridgehead atoms. The van der Waals surface area contributed by atoms with E-state index in [1.54, 1.807) is 7.05 Å². The molecule has 0 unspecified atom stereocenters. The second-order valence-corrected chi connectivity index (χ2v) is 6.48. The van der Waals surface area contributed by atoms with Crippen molar-refractivity contribution in [1.82, 2.24) is 14.0 Å². The van der Waals surface area contributed by atoms with Gasteiger partial charge in [-0.1, -0.05) is 0 Å². The summed E-state index contributed by atoms with van der Waals surface area (Å²) in [6.07, 6.45) is 0.332. The number of nitrogens with one attached hydrogen (secondary N) is 1. The van der Waals surface area contributed by atoms with Crippen LogP contribution in [0.2, 0.25) is 0 Å². The minimum absolute atomic E-state index is 0.0458. The Balaban J connectivity index is 2.19. The first kappa shape index (κ1) is 18.2. The fourth-order valence-electron chi connectivity index (χ4n) is 3.10. The van der Waals surface area contributed by atoms with Gasteiger partial charge in [-0.2, -0.15) is 5.26 Å². The topological polar surface area (TPSA) is 92.3 Å². The molecule has 0 spiro atoms. The third-order valence-electron chi connectivity index (χ3n) is 4.41. The van der Waals surface area contributed by atoms with E-state index in [2.05, 4.69) is 17.1 Å². The van der Waals surface area contributed by atoms with Crippen LogP contribution in [0.5, 0.6) is 0 Å². The number of aromatic nitrogens is 2. The van der Waals surface area contributed by atoms with Crippen molar-refractivity contribution in [1.29, 1.82) is 5.26 Å². The molecular weight excluding hydrogens is 310 g/mol. The molecule has 1 N–H and O–H groups in total. The van der Waals surface area contributed by atoms with Crippen LogP contribution in [-0.4, -0.2) is 51.9 Å². The molecule has 1 saturated heterocycles. The monoisotopic (exact) mass is 335 g/mol. The molecule has 0 saturated carbocycles. The summed E-state index contributed by atoms with van der Waals surface area (Å²) >= 11 is 0. The highest BCUT2D eigenvalue weighted by molar-refractivity contribution is 5.51. The van der Waals surface area contributed by atoms with E-state index >= 15 is 0 Å². The Bertz CT molecular complexity index is 751. The molecule has 1 aliphatic heterocycles. The first-order valence-electron chi connectivity index (χ1n) is 8.09. The van der Waals surface area contributed by atoms with E-state index in [1.807, 2.05) is 19.9 Å². The van der Waals surface area contributed by atoms with Crippen molar-refractivity contribution in [2.24, 2.45) is 14.1 Å². The lowest BCUT2D eigenvalue weighted by molar-refractivity contribution is -0.0769. The molecule has 24 heavy (non-hydrogen) atoms. The normalized spacial score (nSPS) is 22.8. The molecule has 0 amide bonds. The van der Waals surface area contributed by atoms with Gasteiger partial charge in [-0.3, -0.25) is 18.8 Å². The third-order valence-corrected chi connectivity index (χ3v) is 4.41. The zero-order valence-electron chi connectivity index (χ0n) is 14.9. The molecule has 0 aliphatic carbocycles. The maximum Gasteiger partial charge on any atom is 0.332 e. The fraction of sp³-hybridized carbons (Fsp3) is 0.688. The second kappa shape index (κ2) is 7.20. The number of anilines is 1. The molecule has 1 aliphatic rings. The Morgan fingerprint density at radius 1 is 1.25 bits per heavy atom. The highest BCUT2D eigenvalue weighted by Crippen LogP contribution is 2.14.